The first-order valence-electron chi connectivity index (χ1n) is 8.36. The Kier molecular flexibility index (Phi) is 5.81. The van der Waals surface area contributed by atoms with E-state index >= 15 is 0 Å². The molecule has 1 heterocycles. The lowest BCUT2D eigenvalue weighted by atomic mass is 10.2. The molecule has 6 heteroatoms. The molecule has 3 rings (SSSR count). The smallest absolute Gasteiger partial charge is 0.276 e. The summed E-state index contributed by atoms with van der Waals surface area (Å²) in [4.78, 5) is 14.4. The minimum absolute atomic E-state index is 0.240. The van der Waals surface area contributed by atoms with Crippen LogP contribution in [0.25, 0.3) is 0 Å². The number of hydrogen-bond donors (Lipinski definition) is 1. The molecule has 0 atom stereocenters. The Morgan fingerprint density at radius 3 is 2.38 bits per heavy atom. The molecule has 0 fully saturated rings. The van der Waals surface area contributed by atoms with Crippen molar-refractivity contribution in [2.24, 2.45) is 0 Å². The Morgan fingerprint density at radius 2 is 1.73 bits per heavy atom. The van der Waals surface area contributed by atoms with Crippen LogP contribution in [0.1, 0.15) is 23.0 Å². The van der Waals surface area contributed by atoms with Crippen LogP contribution in [0.3, 0.4) is 0 Å². The largest absolute Gasteiger partial charge is 0.351 e. The van der Waals surface area contributed by atoms with Crippen molar-refractivity contribution in [3.05, 3.63) is 83.0 Å². The summed E-state index contributed by atoms with van der Waals surface area (Å²) >= 11 is 6.06. The maximum atomic E-state index is 12.3. The van der Waals surface area contributed by atoms with E-state index in [1.807, 2.05) is 18.2 Å². The zero-order valence-corrected chi connectivity index (χ0v) is 15.1. The Bertz CT molecular complexity index is 868. The first-order valence-corrected chi connectivity index (χ1v) is 8.73. The van der Waals surface area contributed by atoms with Crippen molar-refractivity contribution in [2.45, 2.75) is 13.5 Å². The molecule has 1 amide bonds. The van der Waals surface area contributed by atoms with Crippen LogP contribution in [0, 0.1) is 0 Å². The molecule has 0 unspecified atom stereocenters. The van der Waals surface area contributed by atoms with Crippen LogP contribution in [0.4, 0.5) is 11.5 Å². The molecule has 0 saturated heterocycles. The standard InChI is InChI=1S/C20H19ClN4O/c1-2-25(14-15-8-4-3-5-9-15)19-13-12-18(23-24-19)20(26)22-17-11-7-6-10-16(17)21/h3-13H,2,14H2,1H3,(H,22,26). The zero-order valence-electron chi connectivity index (χ0n) is 14.4. The topological polar surface area (TPSA) is 58.1 Å². The predicted molar refractivity (Wildman–Crippen MR) is 105 cm³/mol. The lowest BCUT2D eigenvalue weighted by molar-refractivity contribution is 0.102. The molecule has 26 heavy (non-hydrogen) atoms. The number of nitrogens with one attached hydrogen (secondary N) is 1. The van der Waals surface area contributed by atoms with Gasteiger partial charge in [-0.2, -0.15) is 0 Å². The molecular weight excluding hydrogens is 348 g/mol. The molecule has 0 aliphatic heterocycles. The number of anilines is 2. The lowest BCUT2D eigenvalue weighted by Crippen LogP contribution is -2.24. The number of amides is 1. The molecule has 1 aromatic heterocycles. The van der Waals surface area contributed by atoms with Gasteiger partial charge in [0.1, 0.15) is 0 Å². The van der Waals surface area contributed by atoms with Gasteiger partial charge in [-0.25, -0.2) is 0 Å². The number of halogens is 1. The maximum Gasteiger partial charge on any atom is 0.276 e. The van der Waals surface area contributed by atoms with Gasteiger partial charge in [-0.15, -0.1) is 10.2 Å². The lowest BCUT2D eigenvalue weighted by Gasteiger charge is -2.21. The van der Waals surface area contributed by atoms with Crippen LogP contribution < -0.4 is 10.2 Å². The predicted octanol–water partition coefficient (Wildman–Crippen LogP) is 4.41. The highest BCUT2D eigenvalue weighted by Gasteiger charge is 2.12. The minimum atomic E-state index is -0.344. The highest BCUT2D eigenvalue weighted by molar-refractivity contribution is 6.33. The fourth-order valence-corrected chi connectivity index (χ4v) is 2.71. The van der Waals surface area contributed by atoms with Gasteiger partial charge in [-0.1, -0.05) is 54.1 Å². The zero-order chi connectivity index (χ0) is 18.4. The number of benzene rings is 2. The van der Waals surface area contributed by atoms with Crippen LogP contribution >= 0.6 is 11.6 Å². The highest BCUT2D eigenvalue weighted by atomic mass is 35.5. The number of hydrogen-bond acceptors (Lipinski definition) is 4. The molecule has 5 nitrogen and oxygen atoms in total. The number of rotatable bonds is 6. The Hall–Kier alpha value is -2.92. The van der Waals surface area contributed by atoms with Gasteiger partial charge in [-0.05, 0) is 36.8 Å². The number of aromatic nitrogens is 2. The van der Waals surface area contributed by atoms with Crippen LogP contribution in [-0.2, 0) is 6.54 Å². The number of nitrogens with zero attached hydrogens (tertiary/aromatic N) is 3. The molecular formula is C20H19ClN4O. The van der Waals surface area contributed by atoms with Gasteiger partial charge >= 0.3 is 0 Å². The second-order valence-corrected chi connectivity index (χ2v) is 6.12. The molecule has 2 aromatic carbocycles. The van der Waals surface area contributed by atoms with Gasteiger partial charge in [0, 0.05) is 13.1 Å². The molecule has 0 radical (unpaired) electrons. The van der Waals surface area contributed by atoms with Crippen LogP contribution in [0.2, 0.25) is 5.02 Å². The van der Waals surface area contributed by atoms with Crippen LogP contribution in [0.15, 0.2) is 66.7 Å². The highest BCUT2D eigenvalue weighted by Crippen LogP contribution is 2.21. The van der Waals surface area contributed by atoms with E-state index in [-0.39, 0.29) is 11.6 Å². The summed E-state index contributed by atoms with van der Waals surface area (Å²) in [6, 6.07) is 20.7. The van der Waals surface area contributed by atoms with E-state index < -0.39 is 0 Å². The summed E-state index contributed by atoms with van der Waals surface area (Å²) in [6.45, 7) is 3.58. The van der Waals surface area contributed by atoms with E-state index in [4.69, 9.17) is 11.6 Å². The fourth-order valence-electron chi connectivity index (χ4n) is 2.52. The fraction of sp³-hybridized carbons (Fsp3) is 0.150. The monoisotopic (exact) mass is 366 g/mol. The molecule has 0 bridgehead atoms. The van der Waals surface area contributed by atoms with Gasteiger partial charge in [-0.3, -0.25) is 4.79 Å². The number of carbonyl (C=O) groups is 1. The maximum absolute atomic E-state index is 12.3. The summed E-state index contributed by atoms with van der Waals surface area (Å²) in [5, 5.41) is 11.5. The molecule has 0 aliphatic rings. The van der Waals surface area contributed by atoms with E-state index in [9.17, 15) is 4.79 Å². The van der Waals surface area contributed by atoms with Crippen molar-refractivity contribution >= 4 is 29.0 Å². The molecule has 132 valence electrons. The van der Waals surface area contributed by atoms with E-state index in [1.54, 1.807) is 36.4 Å². The minimum Gasteiger partial charge on any atom is -0.351 e. The van der Waals surface area contributed by atoms with Gasteiger partial charge in [0.05, 0.1) is 10.7 Å². The summed E-state index contributed by atoms with van der Waals surface area (Å²) in [5.74, 6) is 0.383. The van der Waals surface area contributed by atoms with Crippen molar-refractivity contribution in [1.82, 2.24) is 10.2 Å². The van der Waals surface area contributed by atoms with E-state index in [1.165, 1.54) is 5.56 Å². The van der Waals surface area contributed by atoms with Crippen LogP contribution in [0.5, 0.6) is 0 Å². The molecule has 1 N–H and O–H groups in total. The van der Waals surface area contributed by atoms with Gasteiger partial charge in [0.25, 0.3) is 5.91 Å². The quantitative estimate of drug-likeness (QED) is 0.702. The third kappa shape index (κ3) is 4.37. The van der Waals surface area contributed by atoms with E-state index in [2.05, 4.69) is 39.5 Å². The Morgan fingerprint density at radius 1 is 1.00 bits per heavy atom. The molecule has 0 spiro atoms. The Labute approximate surface area is 157 Å². The first-order chi connectivity index (χ1) is 12.7. The molecule has 0 saturated carbocycles. The van der Waals surface area contributed by atoms with Crippen LogP contribution in [-0.4, -0.2) is 22.6 Å². The first kappa shape index (κ1) is 17.9. The second-order valence-electron chi connectivity index (χ2n) is 5.71. The second kappa shape index (κ2) is 8.45. The summed E-state index contributed by atoms with van der Waals surface area (Å²) < 4.78 is 0. The van der Waals surface area contributed by atoms with E-state index in [0.717, 1.165) is 18.9 Å². The van der Waals surface area contributed by atoms with Crippen molar-refractivity contribution in [3.8, 4) is 0 Å². The third-order valence-electron chi connectivity index (χ3n) is 3.93. The van der Waals surface area contributed by atoms with Crippen molar-refractivity contribution in [2.75, 3.05) is 16.8 Å². The number of carbonyl (C=O) groups excluding carboxylic acids is 1. The van der Waals surface area contributed by atoms with Crippen molar-refractivity contribution in [1.29, 1.82) is 0 Å². The Balaban J connectivity index is 1.70. The average molecular weight is 367 g/mol. The van der Waals surface area contributed by atoms with E-state index in [0.29, 0.717) is 10.7 Å². The third-order valence-corrected chi connectivity index (χ3v) is 4.26. The van der Waals surface area contributed by atoms with Gasteiger partial charge in [0.2, 0.25) is 0 Å². The van der Waals surface area contributed by atoms with Gasteiger partial charge in [0.15, 0.2) is 11.5 Å². The van der Waals surface area contributed by atoms with Crippen molar-refractivity contribution < 1.29 is 4.79 Å². The van der Waals surface area contributed by atoms with Crippen molar-refractivity contribution in [3.63, 3.8) is 0 Å². The SMILES string of the molecule is CCN(Cc1ccccc1)c1ccc(C(=O)Nc2ccccc2Cl)nn1. The normalized spacial score (nSPS) is 10.4. The molecule has 3 aromatic rings. The average Bonchev–Trinajstić information content (AvgIpc) is 2.69. The summed E-state index contributed by atoms with van der Waals surface area (Å²) in [6.07, 6.45) is 0. The summed E-state index contributed by atoms with van der Waals surface area (Å²) in [7, 11) is 0. The summed E-state index contributed by atoms with van der Waals surface area (Å²) in [5.41, 5.74) is 1.98. The molecule has 0 aliphatic carbocycles. The number of para-hydroxylation sites is 1. The van der Waals surface area contributed by atoms with Gasteiger partial charge < -0.3 is 10.2 Å².